The van der Waals surface area contributed by atoms with Crippen molar-refractivity contribution in [2.45, 2.75) is 39.2 Å². The molecule has 1 atom stereocenters. The number of hydrogen-bond donors (Lipinski definition) is 0. The third kappa shape index (κ3) is 4.10. The van der Waals surface area contributed by atoms with E-state index in [1.165, 1.54) is 0 Å². The van der Waals surface area contributed by atoms with Crippen LogP contribution >= 0.6 is 11.3 Å². The average molecular weight is 406 g/mol. The number of halogens is 2. The van der Waals surface area contributed by atoms with Crippen molar-refractivity contribution in [1.29, 1.82) is 0 Å². The number of benzene rings is 1. The van der Waals surface area contributed by atoms with Crippen LogP contribution in [0.15, 0.2) is 23.6 Å². The minimum Gasteiger partial charge on any atom is -0.342 e. The molecule has 1 aromatic carbocycles. The maximum absolute atomic E-state index is 14.0. The molecule has 2 aromatic rings. The lowest BCUT2D eigenvalue weighted by Gasteiger charge is -2.40. The molecule has 3 heterocycles. The smallest absolute Gasteiger partial charge is 0.228 e. The summed E-state index contributed by atoms with van der Waals surface area (Å²) in [7, 11) is 0. The topological polar surface area (TPSA) is 36.4 Å². The van der Waals surface area contributed by atoms with Crippen molar-refractivity contribution < 1.29 is 13.6 Å². The lowest BCUT2D eigenvalue weighted by molar-refractivity contribution is -0.130. The van der Waals surface area contributed by atoms with Crippen LogP contribution in [-0.2, 0) is 17.8 Å². The minimum atomic E-state index is -0.792. The zero-order valence-electron chi connectivity index (χ0n) is 16.1. The highest BCUT2D eigenvalue weighted by atomic mass is 32.1. The molecule has 2 fully saturated rings. The molecule has 1 aromatic heterocycles. The monoisotopic (exact) mass is 405 g/mol. The first-order valence-corrected chi connectivity index (χ1v) is 10.7. The molecule has 0 radical (unpaired) electrons. The normalized spacial score (nSPS) is 22.9. The summed E-state index contributed by atoms with van der Waals surface area (Å²) in [5, 5.41) is 2.93. The van der Waals surface area contributed by atoms with Crippen LogP contribution in [-0.4, -0.2) is 46.9 Å². The summed E-state index contributed by atoms with van der Waals surface area (Å²) < 4.78 is 27.5. The van der Waals surface area contributed by atoms with E-state index in [1.54, 1.807) is 23.5 Å². The highest BCUT2D eigenvalue weighted by Gasteiger charge is 2.42. The molecule has 1 spiro atoms. The van der Waals surface area contributed by atoms with Gasteiger partial charge in [0.15, 0.2) is 11.6 Å². The van der Waals surface area contributed by atoms with Gasteiger partial charge in [-0.2, -0.15) is 0 Å². The summed E-state index contributed by atoms with van der Waals surface area (Å²) in [4.78, 5) is 21.3. The molecule has 2 aliphatic rings. The quantitative estimate of drug-likeness (QED) is 0.777. The highest BCUT2D eigenvalue weighted by Crippen LogP contribution is 2.39. The fourth-order valence-corrected chi connectivity index (χ4v) is 5.21. The Morgan fingerprint density at radius 1 is 1.25 bits per heavy atom. The van der Waals surface area contributed by atoms with Crippen molar-refractivity contribution in [1.82, 2.24) is 14.8 Å². The molecule has 4 rings (SSSR count). The lowest BCUT2D eigenvalue weighted by atomic mass is 9.79. The summed E-state index contributed by atoms with van der Waals surface area (Å²) in [5.41, 5.74) is 1.32. The SMILES string of the molecule is Cc1nc(CC(=O)N2CCC3(CCCN(Cc4cccc(F)c4F)C3)C2)cs1. The van der Waals surface area contributed by atoms with Gasteiger partial charge in [0, 0.05) is 42.5 Å². The zero-order chi connectivity index (χ0) is 19.7. The van der Waals surface area contributed by atoms with Crippen LogP contribution in [0.4, 0.5) is 8.78 Å². The summed E-state index contributed by atoms with van der Waals surface area (Å²) in [5.74, 6) is -1.40. The second-order valence-electron chi connectivity index (χ2n) is 8.13. The number of rotatable bonds is 4. The van der Waals surface area contributed by atoms with Crippen molar-refractivity contribution in [3.63, 3.8) is 0 Å². The van der Waals surface area contributed by atoms with Crippen LogP contribution in [0.2, 0.25) is 0 Å². The van der Waals surface area contributed by atoms with E-state index in [9.17, 15) is 13.6 Å². The van der Waals surface area contributed by atoms with E-state index in [0.29, 0.717) is 18.5 Å². The molecule has 2 saturated heterocycles. The van der Waals surface area contributed by atoms with Gasteiger partial charge in [0.2, 0.25) is 5.91 Å². The van der Waals surface area contributed by atoms with Gasteiger partial charge in [0.05, 0.1) is 17.1 Å². The molecule has 0 bridgehead atoms. The van der Waals surface area contributed by atoms with Gasteiger partial charge >= 0.3 is 0 Å². The van der Waals surface area contributed by atoms with Crippen LogP contribution in [0.1, 0.15) is 35.5 Å². The van der Waals surface area contributed by atoms with E-state index in [2.05, 4.69) is 9.88 Å². The Hall–Kier alpha value is -1.86. The standard InChI is InChI=1S/C21H25F2N3OS/c1-15-24-17(12-28-15)10-19(27)26-9-7-21(14-26)6-3-8-25(13-21)11-16-4-2-5-18(22)20(16)23/h2,4-5,12H,3,6-11,13-14H2,1H3. The third-order valence-electron chi connectivity index (χ3n) is 5.96. The lowest BCUT2D eigenvalue weighted by Crippen LogP contribution is -2.45. The Balaban J connectivity index is 1.38. The van der Waals surface area contributed by atoms with Crippen LogP contribution in [0.5, 0.6) is 0 Å². The predicted octanol–water partition coefficient (Wildman–Crippen LogP) is 3.79. The molecule has 0 N–H and O–H groups in total. The molecule has 28 heavy (non-hydrogen) atoms. The first-order valence-electron chi connectivity index (χ1n) is 9.78. The van der Waals surface area contributed by atoms with E-state index in [0.717, 1.165) is 62.2 Å². The molecule has 0 saturated carbocycles. The van der Waals surface area contributed by atoms with Gasteiger partial charge in [-0.1, -0.05) is 12.1 Å². The zero-order valence-corrected chi connectivity index (χ0v) is 16.9. The van der Waals surface area contributed by atoms with Crippen molar-refractivity contribution in [3.8, 4) is 0 Å². The number of aryl methyl sites for hydroxylation is 1. The van der Waals surface area contributed by atoms with Gasteiger partial charge in [0.1, 0.15) is 0 Å². The summed E-state index contributed by atoms with van der Waals surface area (Å²) in [6, 6.07) is 4.37. The van der Waals surface area contributed by atoms with Gasteiger partial charge < -0.3 is 4.90 Å². The predicted molar refractivity (Wildman–Crippen MR) is 105 cm³/mol. The molecule has 0 aliphatic carbocycles. The van der Waals surface area contributed by atoms with E-state index in [4.69, 9.17) is 0 Å². The largest absolute Gasteiger partial charge is 0.342 e. The van der Waals surface area contributed by atoms with Crippen molar-refractivity contribution in [3.05, 3.63) is 51.5 Å². The van der Waals surface area contributed by atoms with Crippen LogP contribution in [0.3, 0.4) is 0 Å². The van der Waals surface area contributed by atoms with E-state index >= 15 is 0 Å². The molecular weight excluding hydrogens is 380 g/mol. The van der Waals surface area contributed by atoms with Gasteiger partial charge in [-0.3, -0.25) is 9.69 Å². The maximum Gasteiger partial charge on any atom is 0.228 e. The molecule has 2 aliphatic heterocycles. The average Bonchev–Trinajstić information content (AvgIpc) is 3.26. The molecule has 150 valence electrons. The van der Waals surface area contributed by atoms with E-state index < -0.39 is 11.6 Å². The molecular formula is C21H25F2N3OS. The van der Waals surface area contributed by atoms with Crippen LogP contribution < -0.4 is 0 Å². The number of likely N-dealkylation sites (tertiary alicyclic amines) is 2. The van der Waals surface area contributed by atoms with E-state index in [-0.39, 0.29) is 11.3 Å². The number of piperidine rings is 1. The molecule has 7 heteroatoms. The fraction of sp³-hybridized carbons (Fsp3) is 0.524. The van der Waals surface area contributed by atoms with Gasteiger partial charge in [-0.05, 0) is 38.8 Å². The second-order valence-corrected chi connectivity index (χ2v) is 9.19. The van der Waals surface area contributed by atoms with Gasteiger partial charge in [-0.15, -0.1) is 11.3 Å². The minimum absolute atomic E-state index is 0.0652. The van der Waals surface area contributed by atoms with E-state index in [1.807, 2.05) is 17.2 Å². The molecule has 1 unspecified atom stereocenters. The third-order valence-corrected chi connectivity index (χ3v) is 6.78. The van der Waals surface area contributed by atoms with Crippen molar-refractivity contribution >= 4 is 17.2 Å². The number of hydrogen-bond acceptors (Lipinski definition) is 4. The van der Waals surface area contributed by atoms with Gasteiger partial charge in [-0.25, -0.2) is 13.8 Å². The number of aromatic nitrogens is 1. The van der Waals surface area contributed by atoms with Gasteiger partial charge in [0.25, 0.3) is 0 Å². The Kier molecular flexibility index (Phi) is 5.47. The second kappa shape index (κ2) is 7.87. The number of thiazole rings is 1. The summed E-state index contributed by atoms with van der Waals surface area (Å²) in [6.07, 6.45) is 3.43. The first kappa shape index (κ1) is 19.5. The number of nitrogens with zero attached hydrogens (tertiary/aromatic N) is 3. The molecule has 1 amide bonds. The number of carbonyl (C=O) groups is 1. The number of carbonyl (C=O) groups excluding carboxylic acids is 1. The Labute approximate surface area is 168 Å². The van der Waals surface area contributed by atoms with Crippen molar-refractivity contribution in [2.24, 2.45) is 5.41 Å². The Morgan fingerprint density at radius 3 is 2.89 bits per heavy atom. The highest BCUT2D eigenvalue weighted by molar-refractivity contribution is 7.09. The molecule has 4 nitrogen and oxygen atoms in total. The summed E-state index contributed by atoms with van der Waals surface area (Å²) >= 11 is 1.57. The fourth-order valence-electron chi connectivity index (χ4n) is 4.59. The first-order chi connectivity index (χ1) is 13.4. The Morgan fingerprint density at radius 2 is 2.11 bits per heavy atom. The van der Waals surface area contributed by atoms with Crippen molar-refractivity contribution in [2.75, 3.05) is 26.2 Å². The Bertz CT molecular complexity index is 871. The summed E-state index contributed by atoms with van der Waals surface area (Å²) in [6.45, 7) is 5.58. The maximum atomic E-state index is 14.0. The number of amides is 1. The van der Waals surface area contributed by atoms with Crippen LogP contribution in [0, 0.1) is 24.0 Å². The van der Waals surface area contributed by atoms with Crippen LogP contribution in [0.25, 0.3) is 0 Å².